The number of carbonyl (C=O) groups excluding carboxylic acids is 1. The zero-order valence-electron chi connectivity index (χ0n) is 10.3. The zero-order valence-corrected chi connectivity index (χ0v) is 9.31. The van der Waals surface area contributed by atoms with Crippen LogP contribution in [0.3, 0.4) is 0 Å². The molecule has 2 aromatic rings. The highest BCUT2D eigenvalue weighted by Gasteiger charge is 2.03. The number of carboxylic acid groups (broad SMARTS) is 1. The molecule has 1 N–H and O–H groups in total. The molecule has 0 radical (unpaired) electrons. The smallest absolute Gasteiger partial charge is 0.545 e. The number of nitrogens with zero attached hydrogens (tertiary/aromatic N) is 1. The van der Waals surface area contributed by atoms with E-state index in [0.717, 1.165) is 11.3 Å². The van der Waals surface area contributed by atoms with Crippen molar-refractivity contribution in [1.82, 2.24) is 4.98 Å². The van der Waals surface area contributed by atoms with E-state index in [9.17, 15) is 9.90 Å². The van der Waals surface area contributed by atoms with Gasteiger partial charge < -0.3 is 15.2 Å². The molecule has 17 heavy (non-hydrogen) atoms. The summed E-state index contributed by atoms with van der Waals surface area (Å²) >= 11 is 0. The molecule has 1 aromatic heterocycles. The van der Waals surface area contributed by atoms with Crippen LogP contribution in [0, 0.1) is 6.92 Å². The van der Waals surface area contributed by atoms with Crippen molar-refractivity contribution in [2.45, 2.75) is 6.92 Å². The van der Waals surface area contributed by atoms with Crippen molar-refractivity contribution in [2.75, 3.05) is 5.32 Å². The van der Waals surface area contributed by atoms with Crippen molar-refractivity contribution in [3.8, 4) is 0 Å². The molecule has 86 valence electrons. The van der Waals surface area contributed by atoms with Crippen LogP contribution in [0.5, 0.6) is 0 Å². The summed E-state index contributed by atoms with van der Waals surface area (Å²) in [6.45, 7) is 1.98. The van der Waals surface area contributed by atoms with Gasteiger partial charge >= 0.3 is 1.43 Å². The van der Waals surface area contributed by atoms with E-state index in [4.69, 9.17) is 0 Å². The van der Waals surface area contributed by atoms with E-state index in [-0.39, 0.29) is 12.8 Å². The van der Waals surface area contributed by atoms with Crippen molar-refractivity contribution in [3.63, 3.8) is 0 Å². The van der Waals surface area contributed by atoms with E-state index in [1.165, 1.54) is 12.3 Å². The van der Waals surface area contributed by atoms with E-state index in [0.29, 0.717) is 0 Å². The second kappa shape index (κ2) is 4.65. The van der Waals surface area contributed by atoms with Crippen LogP contribution in [0.1, 0.15) is 17.3 Å². The fourth-order valence-corrected chi connectivity index (χ4v) is 1.44. The fraction of sp³-hybridized carbons (Fsp3) is 0.0769. The minimum Gasteiger partial charge on any atom is -0.545 e. The van der Waals surface area contributed by atoms with Crippen molar-refractivity contribution in [2.24, 2.45) is 0 Å². The molecule has 0 saturated carbocycles. The molecule has 0 fully saturated rings. The van der Waals surface area contributed by atoms with Gasteiger partial charge in [0.1, 0.15) is 5.82 Å². The van der Waals surface area contributed by atoms with Crippen LogP contribution < -0.4 is 10.4 Å². The molecule has 0 unspecified atom stereocenters. The summed E-state index contributed by atoms with van der Waals surface area (Å²) in [4.78, 5) is 14.9. The molecule has 0 saturated heterocycles. The second-order valence-electron chi connectivity index (χ2n) is 3.68. The van der Waals surface area contributed by atoms with Crippen LogP contribution in [-0.2, 0) is 0 Å². The first-order valence-corrected chi connectivity index (χ1v) is 5.17. The Morgan fingerprint density at radius 1 is 1.29 bits per heavy atom. The van der Waals surface area contributed by atoms with E-state index in [1.54, 1.807) is 6.07 Å². The Kier molecular flexibility index (Phi) is 3.05. The lowest BCUT2D eigenvalue weighted by molar-refractivity contribution is -0.254. The Bertz CT molecular complexity index is 541. The van der Waals surface area contributed by atoms with E-state index >= 15 is 0 Å². The van der Waals surface area contributed by atoms with Crippen LogP contribution in [0.25, 0.3) is 0 Å². The monoisotopic (exact) mass is 228 g/mol. The van der Waals surface area contributed by atoms with Gasteiger partial charge in [-0.2, -0.15) is 0 Å². The molecule has 0 aliphatic rings. The van der Waals surface area contributed by atoms with Gasteiger partial charge in [0, 0.05) is 17.4 Å². The average molecular weight is 228 g/mol. The van der Waals surface area contributed by atoms with Gasteiger partial charge in [0.2, 0.25) is 0 Å². The maximum Gasteiger partial charge on any atom is 1.00 e. The Labute approximate surface area is 100 Å². The summed E-state index contributed by atoms with van der Waals surface area (Å²) in [6.07, 6.45) is 1.53. The number of pyridine rings is 1. The number of aryl methyl sites for hydroxylation is 1. The third-order valence-electron chi connectivity index (χ3n) is 2.34. The summed E-state index contributed by atoms with van der Waals surface area (Å²) < 4.78 is 0. The number of anilines is 2. The third kappa shape index (κ3) is 2.60. The molecular weight excluding hydrogens is 216 g/mol. The molecule has 0 aliphatic heterocycles. The van der Waals surface area contributed by atoms with Gasteiger partial charge in [-0.25, -0.2) is 4.98 Å². The Morgan fingerprint density at radius 2 is 2.00 bits per heavy atom. The molecule has 0 aliphatic carbocycles. The number of carboxylic acids is 1. The molecular formula is C13H12N2O2. The lowest BCUT2D eigenvalue weighted by atomic mass is 10.2. The predicted molar refractivity (Wildman–Crippen MR) is 64.1 cm³/mol. The van der Waals surface area contributed by atoms with Gasteiger partial charge in [0.05, 0.1) is 5.97 Å². The van der Waals surface area contributed by atoms with Gasteiger partial charge in [-0.05, 0) is 31.2 Å². The van der Waals surface area contributed by atoms with Crippen LogP contribution in [0.15, 0.2) is 42.6 Å². The maximum atomic E-state index is 10.9. The summed E-state index contributed by atoms with van der Waals surface area (Å²) in [7, 11) is 0. The number of aromatic nitrogens is 1. The fourth-order valence-electron chi connectivity index (χ4n) is 1.44. The number of aromatic carboxylic acids is 1. The molecule has 1 heterocycles. The van der Waals surface area contributed by atoms with Crippen molar-refractivity contribution < 1.29 is 11.3 Å². The van der Waals surface area contributed by atoms with Crippen molar-refractivity contribution in [3.05, 3.63) is 53.7 Å². The first-order valence-electron chi connectivity index (χ1n) is 5.17. The number of hydrogen-bond acceptors (Lipinski definition) is 4. The van der Waals surface area contributed by atoms with Crippen molar-refractivity contribution in [1.29, 1.82) is 0 Å². The van der Waals surface area contributed by atoms with E-state index in [2.05, 4.69) is 10.3 Å². The Balaban J connectivity index is 0.00000162. The minimum absolute atomic E-state index is 0. The van der Waals surface area contributed by atoms with Crippen LogP contribution >= 0.6 is 0 Å². The number of rotatable bonds is 3. The van der Waals surface area contributed by atoms with E-state index in [1.807, 2.05) is 31.2 Å². The largest absolute Gasteiger partial charge is 1.00 e. The van der Waals surface area contributed by atoms with Crippen LogP contribution in [0.2, 0.25) is 0 Å². The molecule has 0 amide bonds. The predicted octanol–water partition coefficient (Wildman–Crippen LogP) is 1.61. The lowest BCUT2D eigenvalue weighted by Gasteiger charge is -2.11. The first-order chi connectivity index (χ1) is 8.16. The maximum absolute atomic E-state index is 10.9. The highest BCUT2D eigenvalue weighted by molar-refractivity contribution is 5.92. The zero-order chi connectivity index (χ0) is 12.3. The van der Waals surface area contributed by atoms with Gasteiger partial charge in [0.15, 0.2) is 0 Å². The molecule has 0 spiro atoms. The van der Waals surface area contributed by atoms with Gasteiger partial charge in [0.25, 0.3) is 0 Å². The number of carbonyl (C=O) groups is 1. The molecule has 0 atom stereocenters. The second-order valence-corrected chi connectivity index (χ2v) is 3.68. The average Bonchev–Trinajstić information content (AvgIpc) is 2.32. The molecule has 4 nitrogen and oxygen atoms in total. The molecule has 1 aromatic carbocycles. The Hall–Kier alpha value is -2.36. The normalized spacial score (nSPS) is 9.94. The highest BCUT2D eigenvalue weighted by Crippen LogP contribution is 2.18. The van der Waals surface area contributed by atoms with Gasteiger partial charge in [-0.1, -0.05) is 17.7 Å². The van der Waals surface area contributed by atoms with Crippen LogP contribution in [-0.4, -0.2) is 11.0 Å². The van der Waals surface area contributed by atoms with Crippen LogP contribution in [0.4, 0.5) is 11.5 Å². The summed E-state index contributed by atoms with van der Waals surface area (Å²) in [6, 6.07) is 10.6. The summed E-state index contributed by atoms with van der Waals surface area (Å²) in [5.41, 5.74) is 1.97. The Morgan fingerprint density at radius 3 is 2.65 bits per heavy atom. The molecule has 4 heteroatoms. The van der Waals surface area contributed by atoms with E-state index < -0.39 is 5.97 Å². The van der Waals surface area contributed by atoms with Crippen molar-refractivity contribution >= 4 is 17.5 Å². The topological polar surface area (TPSA) is 65.0 Å². The number of hydrogen-bond donors (Lipinski definition) is 1. The first kappa shape index (κ1) is 11.1. The third-order valence-corrected chi connectivity index (χ3v) is 2.34. The number of benzene rings is 1. The SMILES string of the molecule is Cc1ccc(Nc2ncccc2C(=O)[O-])cc1.[H+]. The van der Waals surface area contributed by atoms with Gasteiger partial charge in [-0.3, -0.25) is 0 Å². The number of nitrogens with one attached hydrogen (secondary N) is 1. The summed E-state index contributed by atoms with van der Waals surface area (Å²) in [5.74, 6) is -0.955. The molecule has 2 rings (SSSR count). The highest BCUT2D eigenvalue weighted by atomic mass is 16.4. The standard InChI is InChI=1S/C13H12N2O2/c1-9-4-6-10(7-5-9)15-12-11(13(16)17)3-2-8-14-12/h2-8H,1H3,(H,14,15)(H,16,17). The summed E-state index contributed by atoms with van der Waals surface area (Å²) in [5, 5.41) is 13.8. The van der Waals surface area contributed by atoms with Gasteiger partial charge in [-0.15, -0.1) is 0 Å². The lowest BCUT2D eigenvalue weighted by Crippen LogP contribution is -2.23. The molecule has 0 bridgehead atoms. The quantitative estimate of drug-likeness (QED) is 0.866. The minimum atomic E-state index is -1.24.